The maximum atomic E-state index is 12.3. The molecule has 0 saturated heterocycles. The van der Waals surface area contributed by atoms with E-state index < -0.39 is 21.5 Å². The van der Waals surface area contributed by atoms with Crippen LogP contribution in [0.1, 0.15) is 36.8 Å². The molecule has 19 heavy (non-hydrogen) atoms. The summed E-state index contributed by atoms with van der Waals surface area (Å²) in [5, 5.41) is -0.311. The van der Waals surface area contributed by atoms with E-state index >= 15 is 0 Å². The van der Waals surface area contributed by atoms with Crippen LogP contribution in [-0.4, -0.2) is 32.0 Å². The number of aryl methyl sites for hydroxylation is 1. The smallest absolute Gasteiger partial charge is 0.340 e. The van der Waals surface area contributed by atoms with Gasteiger partial charge in [0.25, 0.3) is 10.0 Å². The molecular weight excluding hydrogens is 268 g/mol. The number of carbonyl (C=O) groups is 1. The van der Waals surface area contributed by atoms with Gasteiger partial charge >= 0.3 is 5.97 Å². The van der Waals surface area contributed by atoms with Crippen LogP contribution in [0.5, 0.6) is 0 Å². The van der Waals surface area contributed by atoms with Crippen molar-refractivity contribution in [2.24, 2.45) is 0 Å². The lowest BCUT2D eigenvalue weighted by Crippen LogP contribution is -2.41. The van der Waals surface area contributed by atoms with Gasteiger partial charge in [0.2, 0.25) is 0 Å². The molecule has 0 bridgehead atoms. The van der Waals surface area contributed by atoms with Gasteiger partial charge in [-0.2, -0.15) is 0 Å². The number of nitrogens with zero attached hydrogens (tertiary/aromatic N) is 1. The molecule has 0 unspecified atom stereocenters. The van der Waals surface area contributed by atoms with Crippen LogP contribution in [0.15, 0.2) is 17.2 Å². The van der Waals surface area contributed by atoms with Gasteiger partial charge in [-0.05, 0) is 39.8 Å². The van der Waals surface area contributed by atoms with Gasteiger partial charge in [0, 0.05) is 11.2 Å². The second-order valence-electron chi connectivity index (χ2n) is 5.15. The number of methoxy groups -OCH3 is 1. The highest BCUT2D eigenvalue weighted by Crippen LogP contribution is 2.17. The van der Waals surface area contributed by atoms with Crippen molar-refractivity contribution in [1.29, 1.82) is 0 Å². The standard InChI is InChI=1S/C12H18N2O4S/c1-8-6-7-9(11(15)18-5)10(13-8)19(16,17)14-12(2,3)4/h6-7,14H,1-5H3. The van der Waals surface area contributed by atoms with Gasteiger partial charge < -0.3 is 4.74 Å². The number of carbonyl (C=O) groups excluding carboxylic acids is 1. The average molecular weight is 286 g/mol. The van der Waals surface area contributed by atoms with Crippen molar-refractivity contribution < 1.29 is 17.9 Å². The van der Waals surface area contributed by atoms with Gasteiger partial charge in [-0.25, -0.2) is 22.9 Å². The maximum Gasteiger partial charge on any atom is 0.340 e. The zero-order valence-electron chi connectivity index (χ0n) is 11.6. The third-order valence-electron chi connectivity index (χ3n) is 2.10. The predicted molar refractivity (Wildman–Crippen MR) is 70.4 cm³/mol. The molecule has 1 rings (SSSR count). The number of hydrogen-bond acceptors (Lipinski definition) is 5. The van der Waals surface area contributed by atoms with Crippen LogP contribution in [-0.2, 0) is 14.8 Å². The number of aromatic nitrogens is 1. The third-order valence-corrected chi connectivity index (χ3v) is 3.80. The topological polar surface area (TPSA) is 85.4 Å². The van der Waals surface area contributed by atoms with Crippen molar-refractivity contribution in [1.82, 2.24) is 9.71 Å². The van der Waals surface area contributed by atoms with Crippen LogP contribution >= 0.6 is 0 Å². The van der Waals surface area contributed by atoms with Crippen LogP contribution in [0.4, 0.5) is 0 Å². The summed E-state index contributed by atoms with van der Waals surface area (Å²) in [6, 6.07) is 2.95. The first kappa shape index (κ1) is 15.6. The molecule has 1 N–H and O–H groups in total. The minimum atomic E-state index is -3.89. The van der Waals surface area contributed by atoms with Crippen LogP contribution < -0.4 is 4.72 Å². The van der Waals surface area contributed by atoms with Gasteiger partial charge in [-0.3, -0.25) is 0 Å². The van der Waals surface area contributed by atoms with Gasteiger partial charge in [0.15, 0.2) is 5.03 Å². The van der Waals surface area contributed by atoms with Crippen molar-refractivity contribution in [3.8, 4) is 0 Å². The van der Waals surface area contributed by atoms with Crippen molar-refractivity contribution in [3.63, 3.8) is 0 Å². The molecule has 1 heterocycles. The summed E-state index contributed by atoms with van der Waals surface area (Å²) in [6.45, 7) is 6.77. The number of nitrogens with one attached hydrogen (secondary N) is 1. The lowest BCUT2D eigenvalue weighted by Gasteiger charge is -2.20. The summed E-state index contributed by atoms with van der Waals surface area (Å²) in [5.41, 5.74) is -0.246. The van der Waals surface area contributed by atoms with Crippen LogP contribution in [0.3, 0.4) is 0 Å². The molecule has 0 fully saturated rings. The molecule has 0 amide bonds. The predicted octanol–water partition coefficient (Wildman–Crippen LogP) is 1.25. The molecule has 106 valence electrons. The maximum absolute atomic E-state index is 12.3. The van der Waals surface area contributed by atoms with Gasteiger partial charge in [0.05, 0.1) is 12.7 Å². The number of ether oxygens (including phenoxy) is 1. The van der Waals surface area contributed by atoms with Gasteiger partial charge in [-0.1, -0.05) is 0 Å². The summed E-state index contributed by atoms with van der Waals surface area (Å²) >= 11 is 0. The fraction of sp³-hybridized carbons (Fsp3) is 0.500. The number of hydrogen-bond donors (Lipinski definition) is 1. The molecule has 0 aliphatic rings. The SMILES string of the molecule is COC(=O)c1ccc(C)nc1S(=O)(=O)NC(C)(C)C. The Morgan fingerprint density at radius 2 is 1.89 bits per heavy atom. The molecule has 0 aliphatic carbocycles. The first-order valence-corrected chi connectivity index (χ1v) is 7.15. The number of rotatable bonds is 3. The molecule has 0 atom stereocenters. The number of pyridine rings is 1. The highest BCUT2D eigenvalue weighted by Gasteiger charge is 2.28. The normalized spacial score (nSPS) is 12.3. The molecular formula is C12H18N2O4S. The quantitative estimate of drug-likeness (QED) is 0.845. The lowest BCUT2D eigenvalue weighted by atomic mass is 10.1. The Hall–Kier alpha value is -1.47. The molecule has 0 radical (unpaired) electrons. The molecule has 0 saturated carbocycles. The number of sulfonamides is 1. The van der Waals surface area contributed by atoms with E-state index in [0.29, 0.717) is 5.69 Å². The van der Waals surface area contributed by atoms with Crippen LogP contribution in [0.2, 0.25) is 0 Å². The van der Waals surface area contributed by atoms with E-state index in [9.17, 15) is 13.2 Å². The fourth-order valence-electron chi connectivity index (χ4n) is 1.45. The molecule has 0 aromatic carbocycles. The fourth-order valence-corrected chi connectivity index (χ4v) is 3.06. The van der Waals surface area contributed by atoms with Crippen LogP contribution in [0, 0.1) is 6.92 Å². The second-order valence-corrected chi connectivity index (χ2v) is 6.75. The van der Waals surface area contributed by atoms with Crippen molar-refractivity contribution >= 4 is 16.0 Å². The van der Waals surface area contributed by atoms with Crippen molar-refractivity contribution in [3.05, 3.63) is 23.4 Å². The minimum Gasteiger partial charge on any atom is -0.465 e. The second kappa shape index (κ2) is 5.26. The van der Waals surface area contributed by atoms with Gasteiger partial charge in [0.1, 0.15) is 0 Å². The average Bonchev–Trinajstić information content (AvgIpc) is 2.24. The van der Waals surface area contributed by atoms with E-state index in [0.717, 1.165) is 0 Å². The lowest BCUT2D eigenvalue weighted by molar-refractivity contribution is 0.0595. The summed E-state index contributed by atoms with van der Waals surface area (Å²) in [4.78, 5) is 15.6. The first-order chi connectivity index (χ1) is 8.57. The van der Waals surface area contributed by atoms with E-state index in [4.69, 9.17) is 0 Å². The summed E-state index contributed by atoms with van der Waals surface area (Å²) in [7, 11) is -2.70. The monoisotopic (exact) mass is 286 g/mol. The summed E-state index contributed by atoms with van der Waals surface area (Å²) in [6.07, 6.45) is 0. The van der Waals surface area contributed by atoms with E-state index in [1.165, 1.54) is 13.2 Å². The molecule has 1 aromatic heterocycles. The van der Waals surface area contributed by atoms with Gasteiger partial charge in [-0.15, -0.1) is 0 Å². The third kappa shape index (κ3) is 4.00. The highest BCUT2D eigenvalue weighted by molar-refractivity contribution is 7.89. The van der Waals surface area contributed by atoms with Crippen LogP contribution in [0.25, 0.3) is 0 Å². The molecule has 7 heteroatoms. The van der Waals surface area contributed by atoms with Crippen molar-refractivity contribution in [2.75, 3.05) is 7.11 Å². The molecule has 0 aliphatic heterocycles. The zero-order valence-corrected chi connectivity index (χ0v) is 12.5. The summed E-state index contributed by atoms with van der Waals surface area (Å²) in [5.74, 6) is -0.734. The highest BCUT2D eigenvalue weighted by atomic mass is 32.2. The molecule has 6 nitrogen and oxygen atoms in total. The molecule has 0 spiro atoms. The Balaban J connectivity index is 3.40. The van der Waals surface area contributed by atoms with E-state index in [-0.39, 0.29) is 10.6 Å². The Morgan fingerprint density at radius 1 is 1.32 bits per heavy atom. The first-order valence-electron chi connectivity index (χ1n) is 5.67. The molecule has 1 aromatic rings. The Kier molecular flexibility index (Phi) is 4.32. The van der Waals surface area contributed by atoms with E-state index in [2.05, 4.69) is 14.4 Å². The Morgan fingerprint density at radius 3 is 2.37 bits per heavy atom. The largest absolute Gasteiger partial charge is 0.465 e. The van der Waals surface area contributed by atoms with Crippen molar-refractivity contribution in [2.45, 2.75) is 38.3 Å². The minimum absolute atomic E-state index is 0.0788. The summed E-state index contributed by atoms with van der Waals surface area (Å²) < 4.78 is 31.6. The van der Waals surface area contributed by atoms with E-state index in [1.807, 2.05) is 0 Å². The Labute approximate surface area is 113 Å². The zero-order chi connectivity index (χ0) is 14.8. The Bertz CT molecular complexity index is 588. The number of esters is 1. The van der Waals surface area contributed by atoms with E-state index in [1.54, 1.807) is 33.8 Å².